The summed E-state index contributed by atoms with van der Waals surface area (Å²) in [5.74, 6) is -0.520. The topological polar surface area (TPSA) is 217 Å². The van der Waals surface area contributed by atoms with Gasteiger partial charge in [-0.1, -0.05) is 59.8 Å². The lowest BCUT2D eigenvalue weighted by atomic mass is 9.84. The number of rotatable bonds is 11. The van der Waals surface area contributed by atoms with Crippen molar-refractivity contribution in [1.82, 2.24) is 36.0 Å². The van der Waals surface area contributed by atoms with E-state index in [9.17, 15) is 34.1 Å². The standard InChI is InChI=1S/C24H30FN5O2.C23H40N6O4/c1-30-11-9-24(15-26,10-12-30)29-23(32)20(13-16-5-3-2-4-6-16)27-21-19-14-17(25)7-8-18(19)22(31)28-21;1-6-9-28-10-7-23(17-24,8-11-28)27-19(30)18(16-22(2,3)4)25-20(26-21(31)32-5)29-12-14-33-15-13-29/h7-8,14,16,20H,2-6,9-13H2,1H3,(H,29,32)(H,27,28,31);18H,6-16H2,1-5H3,(H,27,30)(H,25,26,31). The first-order valence-corrected chi connectivity index (χ1v) is 23.3. The monoisotopic (exact) mass is 904 g/mol. The number of carbonyl (C=O) groups excluding carboxylic acids is 4. The molecule has 4 N–H and O–H groups in total. The van der Waals surface area contributed by atoms with Gasteiger partial charge in [0.1, 0.15) is 34.8 Å². The first-order chi connectivity index (χ1) is 31.0. The molecule has 0 aromatic heterocycles. The second-order valence-electron chi connectivity index (χ2n) is 19.3. The van der Waals surface area contributed by atoms with Crippen LogP contribution in [0.5, 0.6) is 0 Å². The van der Waals surface area contributed by atoms with E-state index in [-0.39, 0.29) is 29.0 Å². The molecule has 65 heavy (non-hydrogen) atoms. The van der Waals surface area contributed by atoms with Gasteiger partial charge in [-0.2, -0.15) is 10.5 Å². The maximum absolute atomic E-state index is 13.9. The van der Waals surface area contributed by atoms with Crippen LogP contribution in [0.2, 0.25) is 0 Å². The maximum atomic E-state index is 13.9. The Morgan fingerprint density at radius 3 is 2.11 bits per heavy atom. The van der Waals surface area contributed by atoms with Crippen LogP contribution in [0.25, 0.3) is 0 Å². The van der Waals surface area contributed by atoms with E-state index in [1.54, 1.807) is 0 Å². The van der Waals surface area contributed by atoms with E-state index in [4.69, 9.17) is 14.5 Å². The SMILES string of the molecule is CCCN1CCC(C#N)(NC(=O)C(CC(C)(C)C)N=C(NC(=O)OC)N2CCOCC2)CC1.CN1CCC(C#N)(NC(=O)C(CC2CCCCC2)N=C2NC(=O)c3ccc(F)cc32)CC1. The zero-order valence-electron chi connectivity index (χ0n) is 39.3. The third-order valence-electron chi connectivity index (χ3n) is 12.9. The van der Waals surface area contributed by atoms with Crippen molar-refractivity contribution in [2.75, 3.05) is 73.2 Å². The number of aliphatic imine (C=N–C) groups is 2. The fourth-order valence-electron chi connectivity index (χ4n) is 9.04. The van der Waals surface area contributed by atoms with Crippen molar-refractivity contribution in [2.24, 2.45) is 21.3 Å². The molecule has 17 nitrogen and oxygen atoms in total. The predicted octanol–water partition coefficient (Wildman–Crippen LogP) is 4.48. The first kappa shape index (κ1) is 50.8. The molecule has 4 heterocycles. The lowest BCUT2D eigenvalue weighted by molar-refractivity contribution is -0.125. The minimum absolute atomic E-state index is 0.197. The number of nitrogens with zero attached hydrogens (tertiary/aromatic N) is 7. The molecule has 1 aliphatic carbocycles. The van der Waals surface area contributed by atoms with Gasteiger partial charge in [0.25, 0.3) is 5.91 Å². The molecule has 0 bridgehead atoms. The van der Waals surface area contributed by atoms with E-state index in [0.717, 1.165) is 64.8 Å². The summed E-state index contributed by atoms with van der Waals surface area (Å²) >= 11 is 0. The number of hydrogen-bond acceptors (Lipinski definition) is 12. The van der Waals surface area contributed by atoms with Crippen molar-refractivity contribution in [3.63, 3.8) is 0 Å². The van der Waals surface area contributed by atoms with Crippen LogP contribution in [0, 0.1) is 39.8 Å². The molecule has 0 radical (unpaired) electrons. The van der Waals surface area contributed by atoms with E-state index in [2.05, 4.69) is 55.1 Å². The number of nitriles is 2. The molecule has 0 spiro atoms. The van der Waals surface area contributed by atoms with Crippen LogP contribution in [0.15, 0.2) is 28.2 Å². The van der Waals surface area contributed by atoms with Crippen LogP contribution in [-0.2, 0) is 19.1 Å². The van der Waals surface area contributed by atoms with Gasteiger partial charge < -0.3 is 40.1 Å². The quantitative estimate of drug-likeness (QED) is 0.179. The maximum Gasteiger partial charge on any atom is 0.413 e. The Hall–Kier alpha value is -5.17. The van der Waals surface area contributed by atoms with E-state index in [1.165, 1.54) is 31.7 Å². The number of piperidine rings is 2. The smallest absolute Gasteiger partial charge is 0.413 e. The van der Waals surface area contributed by atoms with Gasteiger partial charge in [-0.3, -0.25) is 24.7 Å². The van der Waals surface area contributed by atoms with Crippen molar-refractivity contribution < 1.29 is 33.0 Å². The van der Waals surface area contributed by atoms with Gasteiger partial charge in [0, 0.05) is 44.8 Å². The summed E-state index contributed by atoms with van der Waals surface area (Å²) in [6.07, 6.45) is 9.26. The number of ether oxygens (including phenoxy) is 2. The number of amides is 4. The fourth-order valence-corrected chi connectivity index (χ4v) is 9.04. The summed E-state index contributed by atoms with van der Waals surface area (Å²) in [6, 6.07) is 7.13. The minimum atomic E-state index is -0.905. The Balaban J connectivity index is 0.000000244. The van der Waals surface area contributed by atoms with Gasteiger partial charge >= 0.3 is 6.09 Å². The number of morpholine rings is 1. The molecule has 4 fully saturated rings. The molecular formula is C47H70FN11O6. The molecule has 1 aromatic rings. The first-order valence-electron chi connectivity index (χ1n) is 23.3. The number of hydrogen-bond donors (Lipinski definition) is 4. The summed E-state index contributed by atoms with van der Waals surface area (Å²) in [5, 5.41) is 31.2. The van der Waals surface area contributed by atoms with Crippen LogP contribution in [0.4, 0.5) is 9.18 Å². The lowest BCUT2D eigenvalue weighted by Gasteiger charge is -2.38. The van der Waals surface area contributed by atoms with Crippen LogP contribution >= 0.6 is 0 Å². The number of alkyl carbamates (subject to hydrolysis) is 1. The summed E-state index contributed by atoms with van der Waals surface area (Å²) < 4.78 is 24.0. The second kappa shape index (κ2) is 23.3. The molecule has 6 rings (SSSR count). The summed E-state index contributed by atoms with van der Waals surface area (Å²) in [5.41, 5.74) is -1.27. The van der Waals surface area contributed by atoms with Gasteiger partial charge in [-0.25, -0.2) is 14.2 Å². The molecular weight excluding hydrogens is 834 g/mol. The van der Waals surface area contributed by atoms with Crippen LogP contribution < -0.4 is 21.3 Å². The molecule has 356 valence electrons. The number of methoxy groups -OCH3 is 1. The highest BCUT2D eigenvalue weighted by Crippen LogP contribution is 2.31. The minimum Gasteiger partial charge on any atom is -0.453 e. The second-order valence-corrected chi connectivity index (χ2v) is 19.3. The van der Waals surface area contributed by atoms with Crippen LogP contribution in [0.3, 0.4) is 0 Å². The van der Waals surface area contributed by atoms with Crippen molar-refractivity contribution >= 4 is 35.6 Å². The number of halogens is 1. The number of nitrogens with one attached hydrogen (secondary N) is 4. The average Bonchev–Trinajstić information content (AvgIpc) is 3.60. The van der Waals surface area contributed by atoms with Gasteiger partial charge in [-0.05, 0) is 88.1 Å². The molecule has 1 aromatic carbocycles. The third kappa shape index (κ3) is 14.7. The molecule has 2 atom stereocenters. The Kier molecular flexibility index (Phi) is 18.2. The largest absolute Gasteiger partial charge is 0.453 e. The Bertz CT molecular complexity index is 1960. The van der Waals surface area contributed by atoms with Crippen molar-refractivity contribution in [2.45, 2.75) is 128 Å². The number of amidine groups is 1. The van der Waals surface area contributed by atoms with Gasteiger partial charge in [0.15, 0.2) is 0 Å². The van der Waals surface area contributed by atoms with Crippen LogP contribution in [-0.4, -0.2) is 147 Å². The Labute approximate surface area is 383 Å². The highest BCUT2D eigenvalue weighted by atomic mass is 19.1. The van der Waals surface area contributed by atoms with Gasteiger partial charge in [0.2, 0.25) is 17.8 Å². The molecule has 3 saturated heterocycles. The van der Waals surface area contributed by atoms with Gasteiger partial charge in [0.05, 0.1) is 38.0 Å². The molecule has 2 unspecified atom stereocenters. The zero-order chi connectivity index (χ0) is 47.2. The van der Waals surface area contributed by atoms with Gasteiger partial charge in [-0.15, -0.1) is 0 Å². The van der Waals surface area contributed by atoms with E-state index in [1.807, 2.05) is 32.7 Å². The summed E-state index contributed by atoms with van der Waals surface area (Å²) in [7, 11) is 3.29. The van der Waals surface area contributed by atoms with E-state index >= 15 is 0 Å². The van der Waals surface area contributed by atoms with Crippen LogP contribution in [0.1, 0.15) is 121 Å². The molecule has 18 heteroatoms. The van der Waals surface area contributed by atoms with Crippen molar-refractivity contribution in [3.05, 3.63) is 35.1 Å². The number of carbonyl (C=O) groups is 4. The Morgan fingerprint density at radius 1 is 0.938 bits per heavy atom. The molecule has 4 amide bonds. The molecule has 5 aliphatic rings. The van der Waals surface area contributed by atoms with Crippen molar-refractivity contribution in [3.8, 4) is 12.1 Å². The summed E-state index contributed by atoms with van der Waals surface area (Å²) in [6.45, 7) is 14.4. The lowest BCUT2D eigenvalue weighted by Crippen LogP contribution is -2.57. The van der Waals surface area contributed by atoms with Crippen molar-refractivity contribution in [1.29, 1.82) is 10.5 Å². The van der Waals surface area contributed by atoms with E-state index in [0.29, 0.717) is 87.8 Å². The number of fused-ring (bicyclic) bond motifs is 1. The molecule has 1 saturated carbocycles. The number of guanidine groups is 1. The third-order valence-corrected chi connectivity index (χ3v) is 12.9. The summed E-state index contributed by atoms with van der Waals surface area (Å²) in [4.78, 5) is 66.8. The Morgan fingerprint density at radius 2 is 1.54 bits per heavy atom. The van der Waals surface area contributed by atoms with E-state index < -0.39 is 35.1 Å². The average molecular weight is 904 g/mol. The predicted molar refractivity (Wildman–Crippen MR) is 244 cm³/mol. The fraction of sp³-hybridized carbons (Fsp3) is 0.702. The highest BCUT2D eigenvalue weighted by molar-refractivity contribution is 6.23. The number of likely N-dealkylation sites (tertiary alicyclic amines) is 2. The molecule has 4 aliphatic heterocycles. The highest BCUT2D eigenvalue weighted by Gasteiger charge is 2.40. The zero-order valence-corrected chi connectivity index (χ0v) is 39.3. The number of benzene rings is 1. The normalized spacial score (nSPS) is 21.9.